The molecule has 5 aromatic rings. The van der Waals surface area contributed by atoms with Gasteiger partial charge in [0.2, 0.25) is 0 Å². The maximum atomic E-state index is 10.4. The van der Waals surface area contributed by atoms with E-state index >= 15 is 0 Å². The maximum absolute atomic E-state index is 10.4. The van der Waals surface area contributed by atoms with Crippen LogP contribution in [-0.4, -0.2) is 78.1 Å². The number of hydrogen-bond acceptors (Lipinski definition) is 11. The van der Waals surface area contributed by atoms with Crippen LogP contribution in [0.15, 0.2) is 67.9 Å². The van der Waals surface area contributed by atoms with Gasteiger partial charge in [0.05, 0.1) is 11.6 Å². The zero-order chi connectivity index (χ0) is 27.2. The fraction of sp³-hybridized carbons (Fsp3) is 0.250. The van der Waals surface area contributed by atoms with E-state index in [1.807, 2.05) is 54.4 Å². The maximum Gasteiger partial charge on any atom is 0.172 e. The largest absolute Gasteiger partial charge is 0.488 e. The van der Waals surface area contributed by atoms with Gasteiger partial charge in [-0.1, -0.05) is 6.58 Å². The number of hydrogen-bond donors (Lipinski definition) is 2. The van der Waals surface area contributed by atoms with Crippen molar-refractivity contribution in [3.05, 3.63) is 73.5 Å². The number of ether oxygens (including phenoxy) is 2. The third kappa shape index (κ3) is 4.32. The van der Waals surface area contributed by atoms with E-state index in [2.05, 4.69) is 36.8 Å². The van der Waals surface area contributed by atoms with Crippen molar-refractivity contribution >= 4 is 34.0 Å². The average Bonchev–Trinajstić information content (AvgIpc) is 3.40. The molecule has 0 amide bonds. The first-order valence-electron chi connectivity index (χ1n) is 13.0. The minimum absolute atomic E-state index is 0.0183. The van der Waals surface area contributed by atoms with E-state index in [1.165, 1.54) is 12.7 Å². The van der Waals surface area contributed by atoms with Crippen LogP contribution >= 0.6 is 0 Å². The van der Waals surface area contributed by atoms with Crippen LogP contribution in [0.2, 0.25) is 0 Å². The molecule has 2 aliphatic rings. The standard InChI is InChI=1S/C28H27N9O3/c1-3-25(38)36-9-8-35-13-19(36)14-39-23-12-21-26(34-28(23)35)27(31-15-29-21)33-18-4-5-22(17(2)10-18)40-20-6-7-37-24(11-20)30-16-32-37/h3-7,10-12,15-16,19,25,38H,1,8-9,13-14H2,2H3,(H,29,31,33). The SMILES string of the molecule is C=CC(O)N1CCN2CC1COc1cc3ncnc(Nc4ccc(Oc5ccn6ncnc6c5)c(C)c4)c3nc12. The summed E-state index contributed by atoms with van der Waals surface area (Å²) in [6.07, 6.45) is 5.68. The van der Waals surface area contributed by atoms with Crippen LogP contribution in [0.1, 0.15) is 5.56 Å². The Kier molecular flexibility index (Phi) is 5.90. The third-order valence-corrected chi connectivity index (χ3v) is 7.28. The first-order chi connectivity index (χ1) is 19.6. The number of anilines is 3. The molecule has 0 saturated carbocycles. The Bertz CT molecular complexity index is 1740. The lowest BCUT2D eigenvalue weighted by Crippen LogP contribution is -2.57. The summed E-state index contributed by atoms with van der Waals surface area (Å²) in [6, 6.07) is 11.5. The van der Waals surface area contributed by atoms with Crippen LogP contribution in [0.3, 0.4) is 0 Å². The van der Waals surface area contributed by atoms with E-state index in [-0.39, 0.29) is 6.04 Å². The predicted molar refractivity (Wildman–Crippen MR) is 149 cm³/mol. The smallest absolute Gasteiger partial charge is 0.172 e. The van der Waals surface area contributed by atoms with Gasteiger partial charge in [0.15, 0.2) is 23.0 Å². The van der Waals surface area contributed by atoms with E-state index in [1.54, 1.807) is 10.6 Å². The van der Waals surface area contributed by atoms with Gasteiger partial charge in [-0.05, 0) is 42.8 Å². The molecule has 2 bridgehead atoms. The molecule has 12 nitrogen and oxygen atoms in total. The molecule has 0 radical (unpaired) electrons. The number of pyridine rings is 2. The third-order valence-electron chi connectivity index (χ3n) is 7.28. The van der Waals surface area contributed by atoms with Crippen molar-refractivity contribution < 1.29 is 14.6 Å². The Morgan fingerprint density at radius 2 is 2.08 bits per heavy atom. The molecule has 6 heterocycles. The van der Waals surface area contributed by atoms with Crippen molar-refractivity contribution in [3.8, 4) is 17.2 Å². The number of aromatic nitrogens is 6. The van der Waals surface area contributed by atoms with E-state index in [9.17, 15) is 5.11 Å². The highest BCUT2D eigenvalue weighted by Gasteiger charge is 2.35. The van der Waals surface area contributed by atoms with Crippen molar-refractivity contribution in [1.82, 2.24) is 34.4 Å². The molecule has 12 heteroatoms. The Labute approximate surface area is 229 Å². The Morgan fingerprint density at radius 3 is 2.95 bits per heavy atom. The molecular formula is C28H27N9O3. The predicted octanol–water partition coefficient (Wildman–Crippen LogP) is 3.30. The van der Waals surface area contributed by atoms with Crippen molar-refractivity contribution in [3.63, 3.8) is 0 Å². The first kappa shape index (κ1) is 24.2. The van der Waals surface area contributed by atoms with Gasteiger partial charge in [0.25, 0.3) is 0 Å². The topological polar surface area (TPSA) is 126 Å². The zero-order valence-corrected chi connectivity index (χ0v) is 21.8. The molecule has 1 fully saturated rings. The van der Waals surface area contributed by atoms with E-state index in [0.29, 0.717) is 60.2 Å². The molecule has 7 rings (SSSR count). The fourth-order valence-corrected chi connectivity index (χ4v) is 5.23. The second kappa shape index (κ2) is 9.74. The van der Waals surface area contributed by atoms with Gasteiger partial charge in [0, 0.05) is 43.7 Å². The number of aliphatic hydroxyl groups excluding tert-OH is 1. The highest BCUT2D eigenvalue weighted by Crippen LogP contribution is 2.36. The van der Waals surface area contributed by atoms with Gasteiger partial charge in [0.1, 0.15) is 42.5 Å². The Balaban J connectivity index is 1.15. The van der Waals surface area contributed by atoms with Crippen molar-refractivity contribution in [2.45, 2.75) is 19.2 Å². The monoisotopic (exact) mass is 537 g/mol. The average molecular weight is 538 g/mol. The van der Waals surface area contributed by atoms with E-state index in [4.69, 9.17) is 14.5 Å². The summed E-state index contributed by atoms with van der Waals surface area (Å²) in [5.74, 6) is 3.44. The lowest BCUT2D eigenvalue weighted by Gasteiger charge is -2.41. The molecule has 40 heavy (non-hydrogen) atoms. The molecule has 2 atom stereocenters. The number of nitrogens with one attached hydrogen (secondary N) is 1. The number of benzene rings is 1. The highest BCUT2D eigenvalue weighted by atomic mass is 16.5. The van der Waals surface area contributed by atoms with Crippen LogP contribution in [-0.2, 0) is 0 Å². The van der Waals surface area contributed by atoms with Crippen molar-refractivity contribution in [2.75, 3.05) is 36.5 Å². The van der Waals surface area contributed by atoms with Crippen LogP contribution < -0.4 is 19.7 Å². The summed E-state index contributed by atoms with van der Waals surface area (Å²) in [4.78, 5) is 22.3. The molecule has 4 aromatic heterocycles. The van der Waals surface area contributed by atoms with Gasteiger partial charge in [-0.3, -0.25) is 4.90 Å². The van der Waals surface area contributed by atoms with Gasteiger partial charge >= 0.3 is 0 Å². The zero-order valence-electron chi connectivity index (χ0n) is 21.8. The number of rotatable bonds is 6. The minimum atomic E-state index is -0.705. The normalized spacial score (nSPS) is 17.6. The molecule has 2 unspecified atom stereocenters. The Morgan fingerprint density at radius 1 is 1.15 bits per heavy atom. The molecule has 2 aliphatic heterocycles. The van der Waals surface area contributed by atoms with Crippen LogP contribution in [0.5, 0.6) is 17.2 Å². The number of nitrogens with zero attached hydrogens (tertiary/aromatic N) is 8. The van der Waals surface area contributed by atoms with Crippen molar-refractivity contribution in [1.29, 1.82) is 0 Å². The first-order valence-corrected chi connectivity index (χ1v) is 13.0. The van der Waals surface area contributed by atoms with E-state index < -0.39 is 6.23 Å². The number of aliphatic hydroxyl groups is 1. The number of aryl methyl sites for hydroxylation is 1. The van der Waals surface area contributed by atoms with Crippen LogP contribution in [0.4, 0.5) is 17.3 Å². The number of piperazine rings is 1. The Hall–Kier alpha value is -4.81. The van der Waals surface area contributed by atoms with Crippen LogP contribution in [0.25, 0.3) is 16.7 Å². The molecule has 2 N–H and O–H groups in total. The molecule has 1 aromatic carbocycles. The summed E-state index contributed by atoms with van der Waals surface area (Å²) in [5.41, 5.74) is 3.84. The second-order valence-electron chi connectivity index (χ2n) is 9.83. The summed E-state index contributed by atoms with van der Waals surface area (Å²) in [7, 11) is 0. The van der Waals surface area contributed by atoms with Crippen molar-refractivity contribution in [2.24, 2.45) is 0 Å². The summed E-state index contributed by atoms with van der Waals surface area (Å²) in [6.45, 7) is 8.24. The van der Waals surface area contributed by atoms with Crippen LogP contribution in [0, 0.1) is 6.92 Å². The number of fused-ring (bicyclic) bond motifs is 6. The molecule has 1 saturated heterocycles. The van der Waals surface area contributed by atoms with Gasteiger partial charge < -0.3 is 24.8 Å². The fourth-order valence-electron chi connectivity index (χ4n) is 5.23. The molecule has 0 aliphatic carbocycles. The summed E-state index contributed by atoms with van der Waals surface area (Å²) >= 11 is 0. The van der Waals surface area contributed by atoms with Gasteiger partial charge in [-0.15, -0.1) is 0 Å². The quantitative estimate of drug-likeness (QED) is 0.310. The minimum Gasteiger partial charge on any atom is -0.488 e. The second-order valence-corrected chi connectivity index (χ2v) is 9.83. The summed E-state index contributed by atoms with van der Waals surface area (Å²) in [5, 5.41) is 17.9. The molecule has 0 spiro atoms. The lowest BCUT2D eigenvalue weighted by molar-refractivity contribution is -0.00822. The van der Waals surface area contributed by atoms with E-state index in [0.717, 1.165) is 22.8 Å². The van der Waals surface area contributed by atoms with Gasteiger partial charge in [-0.2, -0.15) is 5.10 Å². The summed E-state index contributed by atoms with van der Waals surface area (Å²) < 4.78 is 14.0. The lowest BCUT2D eigenvalue weighted by atomic mass is 10.1. The molecular weight excluding hydrogens is 510 g/mol. The highest BCUT2D eigenvalue weighted by molar-refractivity contribution is 5.90. The molecule has 202 valence electrons. The van der Waals surface area contributed by atoms with Gasteiger partial charge in [-0.25, -0.2) is 24.5 Å².